The van der Waals surface area contributed by atoms with Crippen LogP contribution in [-0.2, 0) is 9.53 Å². The molecule has 6 nitrogen and oxygen atoms in total. The van der Waals surface area contributed by atoms with Crippen molar-refractivity contribution in [1.29, 1.82) is 0 Å². The number of ether oxygens (including phenoxy) is 2. The normalized spacial score (nSPS) is 19.7. The molecule has 1 aliphatic carbocycles. The van der Waals surface area contributed by atoms with Crippen LogP contribution in [0.5, 0.6) is 5.75 Å². The van der Waals surface area contributed by atoms with E-state index in [1.807, 2.05) is 0 Å². The fraction of sp³-hybridized carbons (Fsp3) is 0.556. The van der Waals surface area contributed by atoms with Gasteiger partial charge in [0.1, 0.15) is 5.82 Å². The number of nitrogens with two attached hydrogens (primary N) is 1. The van der Waals surface area contributed by atoms with Crippen LogP contribution in [0, 0.1) is 17.6 Å². The first-order chi connectivity index (χ1) is 12.4. The summed E-state index contributed by atoms with van der Waals surface area (Å²) in [4.78, 5) is 23.1. The Morgan fingerprint density at radius 3 is 2.50 bits per heavy atom. The maximum absolute atomic E-state index is 14.2. The summed E-state index contributed by atoms with van der Waals surface area (Å²) < 4.78 is 38.6. The standard InChI is InChI=1S/C18H24F2N2O4/c1-25-17(23)8-11-2-4-12(5-3-11)26-16-10-14(19)13(9-15(16)20)18(24)22-7-6-21/h9-12H,2-8,21H2,1H3,(H,22,24). The molecule has 0 bridgehead atoms. The Bertz CT molecular complexity index is 646. The summed E-state index contributed by atoms with van der Waals surface area (Å²) in [6.45, 7) is 0.378. The zero-order valence-electron chi connectivity index (χ0n) is 14.7. The molecule has 3 N–H and O–H groups in total. The molecule has 0 radical (unpaired) electrons. The van der Waals surface area contributed by atoms with Crippen LogP contribution in [0.2, 0.25) is 0 Å². The molecule has 0 spiro atoms. The molecule has 2 rings (SSSR count). The second kappa shape index (κ2) is 9.47. The Balaban J connectivity index is 1.95. The fourth-order valence-corrected chi connectivity index (χ4v) is 3.03. The molecule has 0 saturated heterocycles. The van der Waals surface area contributed by atoms with Crippen molar-refractivity contribution in [3.05, 3.63) is 29.3 Å². The van der Waals surface area contributed by atoms with Crippen LogP contribution < -0.4 is 15.8 Å². The minimum absolute atomic E-state index is 0.174. The van der Waals surface area contributed by atoms with Gasteiger partial charge in [0.15, 0.2) is 11.6 Å². The van der Waals surface area contributed by atoms with Gasteiger partial charge in [0.25, 0.3) is 5.91 Å². The van der Waals surface area contributed by atoms with Gasteiger partial charge < -0.3 is 20.5 Å². The molecule has 0 atom stereocenters. The minimum Gasteiger partial charge on any atom is -0.487 e. The van der Waals surface area contributed by atoms with Crippen molar-refractivity contribution in [2.24, 2.45) is 11.7 Å². The van der Waals surface area contributed by atoms with E-state index in [4.69, 9.17) is 10.5 Å². The van der Waals surface area contributed by atoms with Crippen molar-refractivity contribution in [2.75, 3.05) is 20.2 Å². The largest absolute Gasteiger partial charge is 0.487 e. The van der Waals surface area contributed by atoms with Gasteiger partial charge >= 0.3 is 5.97 Å². The highest BCUT2D eigenvalue weighted by Crippen LogP contribution is 2.31. The third kappa shape index (κ3) is 5.39. The van der Waals surface area contributed by atoms with Gasteiger partial charge in [-0.05, 0) is 37.7 Å². The molecule has 1 amide bonds. The van der Waals surface area contributed by atoms with Gasteiger partial charge in [-0.1, -0.05) is 0 Å². The molecular formula is C18H24F2N2O4. The average molecular weight is 370 g/mol. The van der Waals surface area contributed by atoms with Crippen molar-refractivity contribution < 1.29 is 27.8 Å². The molecule has 1 aromatic rings. The number of rotatable bonds is 7. The molecule has 0 unspecified atom stereocenters. The Hall–Kier alpha value is -2.22. The van der Waals surface area contributed by atoms with E-state index in [0.717, 1.165) is 25.0 Å². The van der Waals surface area contributed by atoms with Crippen LogP contribution >= 0.6 is 0 Å². The second-order valence-electron chi connectivity index (χ2n) is 6.35. The van der Waals surface area contributed by atoms with E-state index in [2.05, 4.69) is 10.1 Å². The molecular weight excluding hydrogens is 346 g/mol. The Morgan fingerprint density at radius 1 is 1.19 bits per heavy atom. The number of hydrogen-bond donors (Lipinski definition) is 2. The van der Waals surface area contributed by atoms with Crippen molar-refractivity contribution >= 4 is 11.9 Å². The lowest BCUT2D eigenvalue weighted by molar-refractivity contribution is -0.142. The molecule has 1 fully saturated rings. The third-order valence-electron chi connectivity index (χ3n) is 4.47. The highest BCUT2D eigenvalue weighted by atomic mass is 19.1. The van der Waals surface area contributed by atoms with Crippen molar-refractivity contribution in [2.45, 2.75) is 38.2 Å². The van der Waals surface area contributed by atoms with E-state index >= 15 is 0 Å². The molecule has 1 aromatic carbocycles. The quantitative estimate of drug-likeness (QED) is 0.718. The monoisotopic (exact) mass is 370 g/mol. The van der Waals surface area contributed by atoms with Gasteiger partial charge in [-0.2, -0.15) is 0 Å². The van der Waals surface area contributed by atoms with Gasteiger partial charge in [0.05, 0.1) is 18.8 Å². The number of benzene rings is 1. The van der Waals surface area contributed by atoms with Crippen LogP contribution in [0.1, 0.15) is 42.5 Å². The number of hydrogen-bond acceptors (Lipinski definition) is 5. The van der Waals surface area contributed by atoms with Crippen LogP contribution in [0.15, 0.2) is 12.1 Å². The molecule has 0 aromatic heterocycles. The zero-order chi connectivity index (χ0) is 19.1. The van der Waals surface area contributed by atoms with E-state index < -0.39 is 17.5 Å². The van der Waals surface area contributed by atoms with Crippen molar-refractivity contribution in [3.63, 3.8) is 0 Å². The lowest BCUT2D eigenvalue weighted by Crippen LogP contribution is -2.30. The van der Waals surface area contributed by atoms with Crippen molar-refractivity contribution in [1.82, 2.24) is 5.32 Å². The topological polar surface area (TPSA) is 90.6 Å². The molecule has 1 aliphatic rings. The van der Waals surface area contributed by atoms with E-state index in [-0.39, 0.29) is 42.4 Å². The van der Waals surface area contributed by atoms with Gasteiger partial charge in [-0.3, -0.25) is 9.59 Å². The van der Waals surface area contributed by atoms with E-state index in [9.17, 15) is 18.4 Å². The van der Waals surface area contributed by atoms with Gasteiger partial charge in [-0.25, -0.2) is 8.78 Å². The fourth-order valence-electron chi connectivity index (χ4n) is 3.03. The van der Waals surface area contributed by atoms with Crippen LogP contribution in [-0.4, -0.2) is 38.2 Å². The number of carbonyl (C=O) groups is 2. The van der Waals surface area contributed by atoms with Crippen LogP contribution in [0.3, 0.4) is 0 Å². The van der Waals surface area contributed by atoms with Crippen LogP contribution in [0.25, 0.3) is 0 Å². The van der Waals surface area contributed by atoms with E-state index in [1.54, 1.807) is 0 Å². The zero-order valence-corrected chi connectivity index (χ0v) is 14.7. The summed E-state index contributed by atoms with van der Waals surface area (Å²) in [5, 5.41) is 2.39. The predicted octanol–water partition coefficient (Wildman–Crippen LogP) is 2.15. The summed E-state index contributed by atoms with van der Waals surface area (Å²) >= 11 is 0. The number of esters is 1. The molecule has 8 heteroatoms. The predicted molar refractivity (Wildman–Crippen MR) is 90.8 cm³/mol. The van der Waals surface area contributed by atoms with E-state index in [0.29, 0.717) is 19.3 Å². The molecule has 0 heterocycles. The number of carbonyl (C=O) groups excluding carboxylic acids is 2. The Labute approximate surface area is 151 Å². The second-order valence-corrected chi connectivity index (χ2v) is 6.35. The highest BCUT2D eigenvalue weighted by molar-refractivity contribution is 5.94. The Morgan fingerprint density at radius 2 is 1.88 bits per heavy atom. The summed E-state index contributed by atoms with van der Waals surface area (Å²) in [6.07, 6.45) is 2.89. The van der Waals surface area contributed by atoms with Gasteiger partial charge in [-0.15, -0.1) is 0 Å². The Kier molecular flexibility index (Phi) is 7.32. The minimum atomic E-state index is -0.852. The smallest absolute Gasteiger partial charge is 0.305 e. The molecule has 144 valence electrons. The molecule has 26 heavy (non-hydrogen) atoms. The van der Waals surface area contributed by atoms with Crippen molar-refractivity contribution in [3.8, 4) is 5.75 Å². The number of methoxy groups -OCH3 is 1. The number of nitrogens with one attached hydrogen (secondary N) is 1. The number of amides is 1. The first kappa shape index (κ1) is 20.1. The maximum Gasteiger partial charge on any atom is 0.305 e. The van der Waals surface area contributed by atoms with Gasteiger partial charge in [0, 0.05) is 25.6 Å². The lowest BCUT2D eigenvalue weighted by Gasteiger charge is -2.28. The highest BCUT2D eigenvalue weighted by Gasteiger charge is 2.26. The third-order valence-corrected chi connectivity index (χ3v) is 4.47. The summed E-state index contributed by atoms with van der Waals surface area (Å²) in [5.74, 6) is -2.60. The SMILES string of the molecule is COC(=O)CC1CCC(Oc2cc(F)c(C(=O)NCCN)cc2F)CC1. The summed E-state index contributed by atoms with van der Waals surface area (Å²) in [6, 6.07) is 1.73. The van der Waals surface area contributed by atoms with Crippen LogP contribution in [0.4, 0.5) is 8.78 Å². The molecule has 0 aliphatic heterocycles. The lowest BCUT2D eigenvalue weighted by atomic mass is 9.85. The summed E-state index contributed by atoms with van der Waals surface area (Å²) in [7, 11) is 1.36. The summed E-state index contributed by atoms with van der Waals surface area (Å²) in [5.41, 5.74) is 4.88. The number of halogens is 2. The maximum atomic E-state index is 14.2. The first-order valence-corrected chi connectivity index (χ1v) is 8.65. The average Bonchev–Trinajstić information content (AvgIpc) is 2.63. The molecule has 1 saturated carbocycles. The van der Waals surface area contributed by atoms with E-state index in [1.165, 1.54) is 7.11 Å². The van der Waals surface area contributed by atoms with Gasteiger partial charge in [0.2, 0.25) is 0 Å². The first-order valence-electron chi connectivity index (χ1n) is 8.65.